The fraction of sp³-hybridized carbons (Fsp3) is 0.211. The van der Waals surface area contributed by atoms with Crippen molar-refractivity contribution in [3.63, 3.8) is 0 Å². The van der Waals surface area contributed by atoms with Crippen molar-refractivity contribution in [1.82, 2.24) is 9.88 Å². The molecule has 0 fully saturated rings. The lowest BCUT2D eigenvalue weighted by atomic mass is 10.0. The summed E-state index contributed by atoms with van der Waals surface area (Å²) in [5, 5.41) is 2.15. The van der Waals surface area contributed by atoms with Gasteiger partial charge in [0.05, 0.1) is 0 Å². The minimum Gasteiger partial charge on any atom is -0.294 e. The van der Waals surface area contributed by atoms with E-state index < -0.39 is 0 Å². The quantitative estimate of drug-likeness (QED) is 0.705. The van der Waals surface area contributed by atoms with Crippen molar-refractivity contribution in [2.24, 2.45) is 0 Å². The van der Waals surface area contributed by atoms with Crippen molar-refractivity contribution < 1.29 is 4.39 Å². The standard InChI is InChI=1S/C19H17FN2S/c20-18-11-16(14-3-7-21-8-4-14)1-2-17(18)12-22-9-5-15-6-10-23-19(15)13-22/h1-4,6-8,10-11H,5,9,12-13H2. The number of thiophene rings is 1. The summed E-state index contributed by atoms with van der Waals surface area (Å²) < 4.78 is 14.5. The summed E-state index contributed by atoms with van der Waals surface area (Å²) in [4.78, 5) is 7.75. The molecule has 0 saturated carbocycles. The van der Waals surface area contributed by atoms with E-state index in [9.17, 15) is 4.39 Å². The summed E-state index contributed by atoms with van der Waals surface area (Å²) in [5.74, 6) is -0.128. The third kappa shape index (κ3) is 3.05. The number of benzene rings is 1. The molecule has 4 heteroatoms. The normalized spacial score (nSPS) is 14.7. The summed E-state index contributed by atoms with van der Waals surface area (Å²) in [6.07, 6.45) is 4.52. The van der Waals surface area contributed by atoms with Crippen LogP contribution in [0, 0.1) is 5.82 Å². The summed E-state index contributed by atoms with van der Waals surface area (Å²) >= 11 is 1.80. The second kappa shape index (κ2) is 6.22. The molecule has 0 N–H and O–H groups in total. The van der Waals surface area contributed by atoms with Crippen LogP contribution in [0.2, 0.25) is 0 Å². The molecule has 0 amide bonds. The minimum absolute atomic E-state index is 0.128. The first-order valence-electron chi connectivity index (χ1n) is 7.76. The zero-order chi connectivity index (χ0) is 15.6. The minimum atomic E-state index is -0.128. The summed E-state index contributed by atoms with van der Waals surface area (Å²) in [7, 11) is 0. The predicted molar refractivity (Wildman–Crippen MR) is 91.8 cm³/mol. The second-order valence-electron chi connectivity index (χ2n) is 5.87. The molecule has 116 valence electrons. The Hall–Kier alpha value is -2.04. The monoisotopic (exact) mass is 324 g/mol. The smallest absolute Gasteiger partial charge is 0.128 e. The van der Waals surface area contributed by atoms with E-state index in [0.717, 1.165) is 36.2 Å². The topological polar surface area (TPSA) is 16.1 Å². The molecule has 3 heterocycles. The molecule has 1 aliphatic heterocycles. The summed E-state index contributed by atoms with van der Waals surface area (Å²) in [6.45, 7) is 2.59. The lowest BCUT2D eigenvalue weighted by Crippen LogP contribution is -2.29. The maximum Gasteiger partial charge on any atom is 0.128 e. The van der Waals surface area contributed by atoms with E-state index in [1.165, 1.54) is 10.4 Å². The van der Waals surface area contributed by atoms with E-state index in [2.05, 4.69) is 21.3 Å². The highest BCUT2D eigenvalue weighted by atomic mass is 32.1. The number of aromatic nitrogens is 1. The lowest BCUT2D eigenvalue weighted by molar-refractivity contribution is 0.245. The Bertz CT molecular complexity index is 813. The largest absolute Gasteiger partial charge is 0.294 e. The van der Waals surface area contributed by atoms with E-state index in [1.54, 1.807) is 29.8 Å². The molecule has 0 atom stereocenters. The van der Waals surface area contributed by atoms with Gasteiger partial charge in [-0.05, 0) is 52.8 Å². The number of pyridine rings is 1. The van der Waals surface area contributed by atoms with Crippen molar-refractivity contribution in [1.29, 1.82) is 0 Å². The molecule has 1 aromatic carbocycles. The van der Waals surface area contributed by atoms with Crippen molar-refractivity contribution >= 4 is 11.3 Å². The molecule has 23 heavy (non-hydrogen) atoms. The first kappa shape index (κ1) is 14.5. The average Bonchev–Trinajstić information content (AvgIpc) is 3.05. The second-order valence-corrected chi connectivity index (χ2v) is 6.87. The molecule has 2 nitrogen and oxygen atoms in total. The van der Waals surface area contributed by atoms with Gasteiger partial charge in [-0.1, -0.05) is 12.1 Å². The molecule has 2 aromatic heterocycles. The zero-order valence-corrected chi connectivity index (χ0v) is 13.5. The van der Waals surface area contributed by atoms with E-state index in [4.69, 9.17) is 0 Å². The SMILES string of the molecule is Fc1cc(-c2ccncc2)ccc1CN1CCc2ccsc2C1. The molecule has 0 saturated heterocycles. The average molecular weight is 324 g/mol. The van der Waals surface area contributed by atoms with Crippen LogP contribution in [0.4, 0.5) is 4.39 Å². The van der Waals surface area contributed by atoms with Crippen LogP contribution in [-0.4, -0.2) is 16.4 Å². The molecular formula is C19H17FN2S. The number of fused-ring (bicyclic) bond motifs is 1. The molecule has 3 aromatic rings. The van der Waals surface area contributed by atoms with Crippen LogP contribution in [0.5, 0.6) is 0 Å². The molecule has 0 radical (unpaired) electrons. The third-order valence-corrected chi connectivity index (χ3v) is 5.31. The molecule has 0 bridgehead atoms. The Balaban J connectivity index is 1.52. The van der Waals surface area contributed by atoms with Gasteiger partial charge < -0.3 is 0 Å². The van der Waals surface area contributed by atoms with Gasteiger partial charge in [0.15, 0.2) is 0 Å². The van der Waals surface area contributed by atoms with Crippen molar-refractivity contribution in [3.8, 4) is 11.1 Å². The van der Waals surface area contributed by atoms with Crippen molar-refractivity contribution in [2.45, 2.75) is 19.5 Å². The highest BCUT2D eigenvalue weighted by Gasteiger charge is 2.18. The molecule has 0 aliphatic carbocycles. The molecular weight excluding hydrogens is 307 g/mol. The van der Waals surface area contributed by atoms with E-state index in [0.29, 0.717) is 6.54 Å². The maximum absolute atomic E-state index is 14.5. The Morgan fingerprint density at radius 2 is 1.96 bits per heavy atom. The highest BCUT2D eigenvalue weighted by molar-refractivity contribution is 7.10. The number of hydrogen-bond acceptors (Lipinski definition) is 3. The van der Waals surface area contributed by atoms with Gasteiger partial charge in [-0.15, -0.1) is 11.3 Å². The zero-order valence-electron chi connectivity index (χ0n) is 12.7. The Kier molecular flexibility index (Phi) is 3.93. The van der Waals surface area contributed by atoms with Gasteiger partial charge >= 0.3 is 0 Å². The van der Waals surface area contributed by atoms with Crippen LogP contribution in [0.15, 0.2) is 54.2 Å². The van der Waals surface area contributed by atoms with E-state index >= 15 is 0 Å². The molecule has 4 rings (SSSR count). The third-order valence-electron chi connectivity index (χ3n) is 4.36. The summed E-state index contributed by atoms with van der Waals surface area (Å²) in [6, 6.07) is 11.5. The lowest BCUT2D eigenvalue weighted by Gasteiger charge is -2.26. The van der Waals surface area contributed by atoms with Gasteiger partial charge in [-0.25, -0.2) is 4.39 Å². The molecule has 0 spiro atoms. The molecule has 1 aliphatic rings. The Labute approximate surface area is 139 Å². The maximum atomic E-state index is 14.5. The number of nitrogens with zero attached hydrogens (tertiary/aromatic N) is 2. The number of hydrogen-bond donors (Lipinski definition) is 0. The van der Waals surface area contributed by atoms with E-state index in [1.807, 2.05) is 24.3 Å². The number of rotatable bonds is 3. The Morgan fingerprint density at radius 3 is 2.78 bits per heavy atom. The van der Waals surface area contributed by atoms with Gasteiger partial charge in [0.1, 0.15) is 5.82 Å². The van der Waals surface area contributed by atoms with Crippen LogP contribution in [0.1, 0.15) is 16.0 Å². The highest BCUT2D eigenvalue weighted by Crippen LogP contribution is 2.27. The van der Waals surface area contributed by atoms with Crippen molar-refractivity contribution in [2.75, 3.05) is 6.54 Å². The van der Waals surface area contributed by atoms with Gasteiger partial charge in [0, 0.05) is 42.5 Å². The van der Waals surface area contributed by atoms with Crippen LogP contribution < -0.4 is 0 Å². The van der Waals surface area contributed by atoms with Gasteiger partial charge in [0.2, 0.25) is 0 Å². The van der Waals surface area contributed by atoms with Gasteiger partial charge in [-0.3, -0.25) is 9.88 Å². The predicted octanol–water partition coefficient (Wildman–Crippen LogP) is 4.51. The number of halogens is 1. The van der Waals surface area contributed by atoms with Gasteiger partial charge in [0.25, 0.3) is 0 Å². The molecule has 0 unspecified atom stereocenters. The van der Waals surface area contributed by atoms with Crippen LogP contribution in [0.25, 0.3) is 11.1 Å². The van der Waals surface area contributed by atoms with Crippen LogP contribution in [0.3, 0.4) is 0 Å². The van der Waals surface area contributed by atoms with E-state index in [-0.39, 0.29) is 5.82 Å². The van der Waals surface area contributed by atoms with Crippen LogP contribution >= 0.6 is 11.3 Å². The van der Waals surface area contributed by atoms with Gasteiger partial charge in [-0.2, -0.15) is 0 Å². The fourth-order valence-corrected chi connectivity index (χ4v) is 4.04. The van der Waals surface area contributed by atoms with Crippen LogP contribution in [-0.2, 0) is 19.5 Å². The first-order valence-corrected chi connectivity index (χ1v) is 8.64. The first-order chi connectivity index (χ1) is 11.3. The Morgan fingerprint density at radius 1 is 1.09 bits per heavy atom. The fourth-order valence-electron chi connectivity index (χ4n) is 3.06. The van der Waals surface area contributed by atoms with Crippen molar-refractivity contribution in [3.05, 3.63) is 76.0 Å². The summed E-state index contributed by atoms with van der Waals surface area (Å²) in [5.41, 5.74) is 4.11.